The van der Waals surface area contributed by atoms with Gasteiger partial charge < -0.3 is 4.42 Å². The lowest BCUT2D eigenvalue weighted by Gasteiger charge is -2.33. The van der Waals surface area contributed by atoms with Crippen molar-refractivity contribution in [2.75, 3.05) is 0 Å². The van der Waals surface area contributed by atoms with E-state index in [4.69, 9.17) is 4.42 Å². The molecule has 3 aliphatic carbocycles. The largest absolute Gasteiger partial charge is 0.455 e. The number of nitrogens with two attached hydrogens (primary N) is 2. The molecule has 4 heterocycles. The van der Waals surface area contributed by atoms with Crippen LogP contribution >= 0.6 is 22.7 Å². The fourth-order valence-electron chi connectivity index (χ4n) is 10.7. The molecule has 0 amide bonds. The van der Waals surface area contributed by atoms with E-state index >= 15 is 0 Å². The molecule has 12 rings (SSSR count). The highest BCUT2D eigenvalue weighted by Gasteiger charge is 2.40. The molecular weight excluding hydrogens is 771 g/mol. The first kappa shape index (κ1) is 36.5. The lowest BCUT2D eigenvalue weighted by Crippen LogP contribution is -3.12. The SMILES string of the molecule is CC1C=Cc2c(sc3cc(C4(C)CC=Cc5c4sc4c5CC(C)C=C4c4cccc5c4oc4cccc(C6[NH2+]C(c7ccccc7)NC(c7ccccc7)[NH2+]6)c45)ccc23)C1. The average Bonchev–Trinajstić information content (AvgIpc) is 3.98. The van der Waals surface area contributed by atoms with Crippen LogP contribution in [-0.2, 0) is 18.3 Å². The summed E-state index contributed by atoms with van der Waals surface area (Å²) in [5.41, 5.74) is 14.0. The van der Waals surface area contributed by atoms with E-state index in [-0.39, 0.29) is 23.9 Å². The summed E-state index contributed by atoms with van der Waals surface area (Å²) in [5.74, 6) is 1.02. The highest BCUT2D eigenvalue weighted by Crippen LogP contribution is 2.53. The van der Waals surface area contributed by atoms with Crippen LogP contribution < -0.4 is 16.0 Å². The van der Waals surface area contributed by atoms with Gasteiger partial charge in [0, 0.05) is 52.2 Å². The Labute approximate surface area is 359 Å². The van der Waals surface area contributed by atoms with Crippen LogP contribution in [-0.4, -0.2) is 0 Å². The molecule has 60 heavy (non-hydrogen) atoms. The van der Waals surface area contributed by atoms with E-state index in [0.717, 1.165) is 30.4 Å². The summed E-state index contributed by atoms with van der Waals surface area (Å²) in [6.45, 7) is 7.20. The first-order valence-corrected chi connectivity index (χ1v) is 23.3. The topological polar surface area (TPSA) is 58.4 Å². The molecule has 0 saturated carbocycles. The zero-order valence-corrected chi connectivity index (χ0v) is 35.9. The van der Waals surface area contributed by atoms with Crippen molar-refractivity contribution < 1.29 is 15.1 Å². The van der Waals surface area contributed by atoms with Crippen LogP contribution in [0.3, 0.4) is 0 Å². The first-order valence-electron chi connectivity index (χ1n) is 21.7. The monoisotopic (exact) mass is 819 g/mol. The van der Waals surface area contributed by atoms with Crippen LogP contribution in [0.1, 0.15) is 105 Å². The average molecular weight is 820 g/mol. The molecule has 6 heteroatoms. The van der Waals surface area contributed by atoms with Crippen molar-refractivity contribution in [1.82, 2.24) is 5.32 Å². The van der Waals surface area contributed by atoms with Gasteiger partial charge >= 0.3 is 0 Å². The molecule has 0 spiro atoms. The van der Waals surface area contributed by atoms with E-state index < -0.39 is 0 Å². The molecule has 1 aliphatic heterocycles. The fraction of sp³-hybridized carbons (Fsp3) is 0.222. The molecular formula is C54H49N3OS2+2. The molecule has 0 radical (unpaired) electrons. The van der Waals surface area contributed by atoms with Gasteiger partial charge in [-0.3, -0.25) is 10.6 Å². The highest BCUT2D eigenvalue weighted by molar-refractivity contribution is 7.19. The third-order valence-corrected chi connectivity index (χ3v) is 16.5. The maximum absolute atomic E-state index is 7.04. The number of hydrogen-bond acceptors (Lipinski definition) is 4. The number of furan rings is 1. The van der Waals surface area contributed by atoms with Gasteiger partial charge in [-0.15, -0.1) is 22.7 Å². The van der Waals surface area contributed by atoms with Crippen molar-refractivity contribution in [3.63, 3.8) is 0 Å². The fourth-order valence-corrected chi connectivity index (χ4v) is 13.7. The summed E-state index contributed by atoms with van der Waals surface area (Å²) in [5, 5.41) is 12.7. The lowest BCUT2D eigenvalue weighted by molar-refractivity contribution is -0.974. The van der Waals surface area contributed by atoms with Gasteiger partial charge in [0.1, 0.15) is 11.2 Å². The zero-order chi connectivity index (χ0) is 40.1. The van der Waals surface area contributed by atoms with Crippen LogP contribution in [0, 0.1) is 11.8 Å². The molecule has 8 aromatic rings. The Morgan fingerprint density at radius 1 is 0.733 bits per heavy atom. The van der Waals surface area contributed by atoms with Crippen molar-refractivity contribution in [1.29, 1.82) is 0 Å². The third kappa shape index (κ3) is 5.80. The number of nitrogens with one attached hydrogen (secondary N) is 1. The predicted molar refractivity (Wildman–Crippen MR) is 250 cm³/mol. The highest BCUT2D eigenvalue weighted by atomic mass is 32.1. The van der Waals surface area contributed by atoms with Crippen LogP contribution in [0.4, 0.5) is 0 Å². The molecule has 1 saturated heterocycles. The Morgan fingerprint density at radius 2 is 1.50 bits per heavy atom. The van der Waals surface area contributed by atoms with Crippen LogP contribution in [0.15, 0.2) is 138 Å². The molecule has 5 aromatic carbocycles. The Bertz CT molecular complexity index is 3030. The van der Waals surface area contributed by atoms with Gasteiger partial charge in [0.25, 0.3) is 0 Å². The summed E-state index contributed by atoms with van der Waals surface area (Å²) in [7, 11) is 0. The second kappa shape index (κ2) is 14.1. The summed E-state index contributed by atoms with van der Waals surface area (Å²) < 4.78 is 8.46. The van der Waals surface area contributed by atoms with E-state index in [1.807, 2.05) is 22.7 Å². The number of para-hydroxylation sites is 1. The number of fused-ring (bicyclic) bond motifs is 9. The first-order chi connectivity index (χ1) is 29.4. The number of rotatable bonds is 5. The smallest absolute Gasteiger partial charge is 0.240 e. The van der Waals surface area contributed by atoms with Crippen molar-refractivity contribution >= 4 is 72.4 Å². The molecule has 0 bridgehead atoms. The predicted octanol–water partition coefficient (Wildman–Crippen LogP) is 11.5. The Hall–Kier alpha value is -5.34. The summed E-state index contributed by atoms with van der Waals surface area (Å²) in [4.78, 5) is 4.45. The Balaban J connectivity index is 0.955. The minimum atomic E-state index is -0.0976. The Kier molecular flexibility index (Phi) is 8.59. The maximum atomic E-state index is 7.04. The van der Waals surface area contributed by atoms with Gasteiger partial charge in [-0.2, -0.15) is 0 Å². The molecule has 5 N–H and O–H groups in total. The quantitative estimate of drug-likeness (QED) is 0.162. The van der Waals surface area contributed by atoms with Gasteiger partial charge in [-0.05, 0) is 82.5 Å². The normalized spacial score (nSPS) is 24.7. The van der Waals surface area contributed by atoms with Gasteiger partial charge in [0.05, 0.1) is 5.56 Å². The molecule has 4 nitrogen and oxygen atoms in total. The second-order valence-corrected chi connectivity index (χ2v) is 20.1. The second-order valence-electron chi connectivity index (χ2n) is 17.9. The van der Waals surface area contributed by atoms with Gasteiger partial charge in [0.2, 0.25) is 6.17 Å². The van der Waals surface area contributed by atoms with E-state index in [0.29, 0.717) is 11.8 Å². The van der Waals surface area contributed by atoms with E-state index in [1.54, 1.807) is 0 Å². The van der Waals surface area contributed by atoms with Gasteiger partial charge in [-0.1, -0.05) is 148 Å². The number of quaternary nitrogens is 2. The van der Waals surface area contributed by atoms with E-state index in [2.05, 4.69) is 182 Å². The number of thiophene rings is 2. The van der Waals surface area contributed by atoms with Crippen molar-refractivity contribution in [3.8, 4) is 0 Å². The lowest BCUT2D eigenvalue weighted by atomic mass is 9.72. The number of hydrogen-bond donors (Lipinski definition) is 3. The van der Waals surface area contributed by atoms with Crippen LogP contribution in [0.5, 0.6) is 0 Å². The summed E-state index contributed by atoms with van der Waals surface area (Å²) in [6, 6.07) is 42.5. The number of benzene rings is 5. The van der Waals surface area contributed by atoms with Crippen molar-refractivity contribution in [2.24, 2.45) is 11.8 Å². The maximum Gasteiger partial charge on any atom is 0.240 e. The van der Waals surface area contributed by atoms with Gasteiger partial charge in [0.15, 0.2) is 12.3 Å². The summed E-state index contributed by atoms with van der Waals surface area (Å²) >= 11 is 4.03. The van der Waals surface area contributed by atoms with E-state index in [9.17, 15) is 0 Å². The minimum absolute atomic E-state index is 0.0976. The number of allylic oxidation sites excluding steroid dienone is 3. The summed E-state index contributed by atoms with van der Waals surface area (Å²) in [6.07, 6.45) is 15.7. The molecule has 5 unspecified atom stereocenters. The van der Waals surface area contributed by atoms with Gasteiger partial charge in [-0.25, -0.2) is 5.32 Å². The standard InChI is InChI=1S/C54H47N3OS2/c1-31-22-24-36-37-25-23-35(30-46(37)59-45(36)29-31)54(3)26-12-20-39-43-28-32(2)27-42(49(43)60-50(39)54)38-17-10-18-40-47-41(19-11-21-44(47)58-48(38)40)53-56-51(33-13-6-4-7-14-33)55-52(57-53)34-15-8-5-9-16-34/h4-25,27,30-32,51-53,55-57H,26,28-29H2,1-3H3/p+2. The molecule has 5 atom stereocenters. The molecule has 1 fully saturated rings. The van der Waals surface area contributed by atoms with Crippen LogP contribution in [0.25, 0.3) is 49.7 Å². The minimum Gasteiger partial charge on any atom is -0.455 e. The zero-order valence-electron chi connectivity index (χ0n) is 34.2. The molecule has 4 aliphatic rings. The Morgan fingerprint density at radius 3 is 2.28 bits per heavy atom. The van der Waals surface area contributed by atoms with E-state index in [1.165, 1.54) is 85.6 Å². The molecule has 3 aromatic heterocycles. The van der Waals surface area contributed by atoms with Crippen molar-refractivity contribution in [2.45, 2.75) is 63.9 Å². The third-order valence-electron chi connectivity index (χ3n) is 13.8. The van der Waals surface area contributed by atoms with Crippen LogP contribution in [0.2, 0.25) is 0 Å². The molecule has 296 valence electrons. The van der Waals surface area contributed by atoms with Crippen molar-refractivity contribution in [3.05, 3.63) is 193 Å².